The van der Waals surface area contributed by atoms with Gasteiger partial charge in [0.25, 0.3) is 0 Å². The summed E-state index contributed by atoms with van der Waals surface area (Å²) in [6.45, 7) is 2.53. The van der Waals surface area contributed by atoms with Crippen molar-refractivity contribution in [2.24, 2.45) is 0 Å². The molecule has 0 spiro atoms. The maximum atomic E-state index is 11.7. The summed E-state index contributed by atoms with van der Waals surface area (Å²) >= 11 is 0. The number of pyridine rings is 1. The second kappa shape index (κ2) is 6.54. The first kappa shape index (κ1) is 13.1. The van der Waals surface area contributed by atoms with Crippen LogP contribution in [-0.2, 0) is 6.42 Å². The van der Waals surface area contributed by atoms with Gasteiger partial charge in [0.2, 0.25) is 0 Å². The molecule has 0 aliphatic heterocycles. The van der Waals surface area contributed by atoms with Crippen LogP contribution in [0.4, 0.5) is 10.5 Å². The number of aromatic nitrogens is 1. The van der Waals surface area contributed by atoms with Gasteiger partial charge in [0, 0.05) is 30.5 Å². The van der Waals surface area contributed by atoms with Crippen LogP contribution in [0.2, 0.25) is 0 Å². The third-order valence-corrected chi connectivity index (χ3v) is 2.79. The van der Waals surface area contributed by atoms with Crippen molar-refractivity contribution in [1.29, 1.82) is 0 Å². The highest BCUT2D eigenvalue weighted by Crippen LogP contribution is 2.12. The molecule has 98 valence electrons. The third kappa shape index (κ3) is 4.10. The van der Waals surface area contributed by atoms with Gasteiger partial charge < -0.3 is 10.6 Å². The maximum Gasteiger partial charge on any atom is 0.319 e. The molecule has 0 unspecified atom stereocenters. The van der Waals surface area contributed by atoms with Gasteiger partial charge >= 0.3 is 6.03 Å². The fraction of sp³-hybridized carbons (Fsp3) is 0.200. The molecule has 2 aromatic rings. The average molecular weight is 255 g/mol. The van der Waals surface area contributed by atoms with Gasteiger partial charge in [-0.2, -0.15) is 0 Å². The molecule has 2 rings (SSSR count). The highest BCUT2D eigenvalue weighted by molar-refractivity contribution is 5.89. The van der Waals surface area contributed by atoms with E-state index in [9.17, 15) is 4.79 Å². The molecule has 1 heterocycles. The lowest BCUT2D eigenvalue weighted by atomic mass is 10.2. The van der Waals surface area contributed by atoms with Crippen molar-refractivity contribution in [3.8, 4) is 0 Å². The standard InChI is InChI=1S/C15H17N3O/c1-12-6-2-3-8-14(12)18-15(19)17-11-9-13-7-4-5-10-16-13/h2-8,10H,9,11H2,1H3,(H2,17,18,19). The van der Waals surface area contributed by atoms with Gasteiger partial charge in [-0.25, -0.2) is 4.79 Å². The Hall–Kier alpha value is -2.36. The van der Waals surface area contributed by atoms with E-state index in [1.54, 1.807) is 6.20 Å². The van der Waals surface area contributed by atoms with Crippen molar-refractivity contribution >= 4 is 11.7 Å². The second-order valence-corrected chi connectivity index (χ2v) is 4.27. The fourth-order valence-corrected chi connectivity index (χ4v) is 1.73. The van der Waals surface area contributed by atoms with Gasteiger partial charge in [-0.1, -0.05) is 24.3 Å². The van der Waals surface area contributed by atoms with E-state index in [2.05, 4.69) is 15.6 Å². The Labute approximate surface area is 112 Å². The number of nitrogens with one attached hydrogen (secondary N) is 2. The molecular weight excluding hydrogens is 238 g/mol. The van der Waals surface area contributed by atoms with E-state index in [0.29, 0.717) is 6.54 Å². The number of hydrogen-bond donors (Lipinski definition) is 2. The topological polar surface area (TPSA) is 54.0 Å². The van der Waals surface area contributed by atoms with E-state index >= 15 is 0 Å². The summed E-state index contributed by atoms with van der Waals surface area (Å²) in [4.78, 5) is 15.9. The molecule has 0 aliphatic rings. The van der Waals surface area contributed by atoms with Crippen LogP contribution in [0.5, 0.6) is 0 Å². The zero-order chi connectivity index (χ0) is 13.5. The molecule has 0 aliphatic carbocycles. The maximum absolute atomic E-state index is 11.7. The summed E-state index contributed by atoms with van der Waals surface area (Å²) in [5.41, 5.74) is 2.85. The largest absolute Gasteiger partial charge is 0.337 e. The highest BCUT2D eigenvalue weighted by Gasteiger charge is 2.03. The number of anilines is 1. The Morgan fingerprint density at radius 1 is 1.16 bits per heavy atom. The Bertz CT molecular complexity index is 540. The molecule has 0 saturated heterocycles. The van der Waals surface area contributed by atoms with Gasteiger partial charge in [0.05, 0.1) is 0 Å². The molecule has 2 N–H and O–H groups in total. The number of benzene rings is 1. The molecule has 0 radical (unpaired) electrons. The van der Waals surface area contributed by atoms with E-state index in [1.165, 1.54) is 0 Å². The van der Waals surface area contributed by atoms with Crippen molar-refractivity contribution in [2.45, 2.75) is 13.3 Å². The van der Waals surface area contributed by atoms with Crippen LogP contribution in [0.1, 0.15) is 11.3 Å². The van der Waals surface area contributed by atoms with Crippen LogP contribution in [-0.4, -0.2) is 17.6 Å². The summed E-state index contributed by atoms with van der Waals surface area (Å²) in [6.07, 6.45) is 2.48. The lowest BCUT2D eigenvalue weighted by molar-refractivity contribution is 0.252. The number of hydrogen-bond acceptors (Lipinski definition) is 2. The summed E-state index contributed by atoms with van der Waals surface area (Å²) < 4.78 is 0. The van der Waals surface area contributed by atoms with Crippen LogP contribution >= 0.6 is 0 Å². The smallest absolute Gasteiger partial charge is 0.319 e. The van der Waals surface area contributed by atoms with Gasteiger partial charge in [0.15, 0.2) is 0 Å². The summed E-state index contributed by atoms with van der Waals surface area (Å²) in [5.74, 6) is 0. The predicted octanol–water partition coefficient (Wildman–Crippen LogP) is 2.75. The number of aryl methyl sites for hydroxylation is 1. The molecule has 4 nitrogen and oxygen atoms in total. The Kier molecular flexibility index (Phi) is 4.50. The molecule has 2 amide bonds. The number of rotatable bonds is 4. The minimum atomic E-state index is -0.190. The van der Waals surface area contributed by atoms with Crippen LogP contribution in [0.15, 0.2) is 48.7 Å². The molecule has 19 heavy (non-hydrogen) atoms. The first-order valence-electron chi connectivity index (χ1n) is 6.26. The summed E-state index contributed by atoms with van der Waals surface area (Å²) in [5, 5.41) is 5.64. The van der Waals surface area contributed by atoms with Crippen LogP contribution in [0.25, 0.3) is 0 Å². The van der Waals surface area contributed by atoms with Gasteiger partial charge in [-0.15, -0.1) is 0 Å². The molecule has 0 saturated carbocycles. The van der Waals surface area contributed by atoms with Crippen molar-refractivity contribution in [2.75, 3.05) is 11.9 Å². The van der Waals surface area contributed by atoms with Gasteiger partial charge in [-0.05, 0) is 30.7 Å². The zero-order valence-electron chi connectivity index (χ0n) is 10.9. The molecule has 0 atom stereocenters. The van der Waals surface area contributed by atoms with E-state index < -0.39 is 0 Å². The van der Waals surface area contributed by atoms with Crippen LogP contribution in [0, 0.1) is 6.92 Å². The molecule has 0 fully saturated rings. The number of carbonyl (C=O) groups excluding carboxylic acids is 1. The minimum absolute atomic E-state index is 0.190. The Morgan fingerprint density at radius 2 is 1.95 bits per heavy atom. The zero-order valence-corrected chi connectivity index (χ0v) is 10.9. The van der Waals surface area contributed by atoms with E-state index in [-0.39, 0.29) is 6.03 Å². The first-order valence-corrected chi connectivity index (χ1v) is 6.26. The SMILES string of the molecule is Cc1ccccc1NC(=O)NCCc1ccccn1. The molecule has 4 heteroatoms. The number of urea groups is 1. The molecule has 1 aromatic heterocycles. The summed E-state index contributed by atoms with van der Waals surface area (Å²) in [7, 11) is 0. The Balaban J connectivity index is 1.78. The van der Waals surface area contributed by atoms with Crippen molar-refractivity contribution in [1.82, 2.24) is 10.3 Å². The summed E-state index contributed by atoms with van der Waals surface area (Å²) in [6, 6.07) is 13.3. The van der Waals surface area contributed by atoms with Crippen molar-refractivity contribution in [3.63, 3.8) is 0 Å². The number of amides is 2. The predicted molar refractivity (Wildman–Crippen MR) is 76.1 cm³/mol. The number of nitrogens with zero attached hydrogens (tertiary/aromatic N) is 1. The van der Waals surface area contributed by atoms with Crippen molar-refractivity contribution in [3.05, 3.63) is 59.9 Å². The average Bonchev–Trinajstić information content (AvgIpc) is 2.43. The van der Waals surface area contributed by atoms with E-state index in [0.717, 1.165) is 23.4 Å². The van der Waals surface area contributed by atoms with Gasteiger partial charge in [-0.3, -0.25) is 4.98 Å². The lowest BCUT2D eigenvalue weighted by Crippen LogP contribution is -2.30. The molecule has 1 aromatic carbocycles. The monoisotopic (exact) mass is 255 g/mol. The van der Waals surface area contributed by atoms with E-state index in [1.807, 2.05) is 49.4 Å². The second-order valence-electron chi connectivity index (χ2n) is 4.27. The van der Waals surface area contributed by atoms with Gasteiger partial charge in [0.1, 0.15) is 0 Å². The highest BCUT2D eigenvalue weighted by atomic mass is 16.2. The van der Waals surface area contributed by atoms with E-state index in [4.69, 9.17) is 0 Å². The molecule has 0 bridgehead atoms. The fourth-order valence-electron chi connectivity index (χ4n) is 1.73. The van der Waals surface area contributed by atoms with Crippen molar-refractivity contribution < 1.29 is 4.79 Å². The van der Waals surface area contributed by atoms with Crippen LogP contribution in [0.3, 0.4) is 0 Å². The first-order chi connectivity index (χ1) is 9.25. The number of carbonyl (C=O) groups is 1. The lowest BCUT2D eigenvalue weighted by Gasteiger charge is -2.09. The van der Waals surface area contributed by atoms with Crippen LogP contribution < -0.4 is 10.6 Å². The number of para-hydroxylation sites is 1. The third-order valence-electron chi connectivity index (χ3n) is 2.79. The quantitative estimate of drug-likeness (QED) is 0.882. The Morgan fingerprint density at radius 3 is 2.68 bits per heavy atom. The minimum Gasteiger partial charge on any atom is -0.337 e. The normalized spacial score (nSPS) is 9.95. The molecular formula is C15H17N3O.